The van der Waals surface area contributed by atoms with Crippen LogP contribution in [0.5, 0.6) is 0 Å². The normalized spacial score (nSPS) is 22.0. The van der Waals surface area contributed by atoms with Crippen molar-refractivity contribution in [3.63, 3.8) is 0 Å². The molecule has 3 amide bonds. The quantitative estimate of drug-likeness (QED) is 0.638. The summed E-state index contributed by atoms with van der Waals surface area (Å²) in [6.45, 7) is 5.57. The van der Waals surface area contributed by atoms with Crippen LogP contribution < -0.4 is 16.0 Å². The van der Waals surface area contributed by atoms with Crippen molar-refractivity contribution in [2.75, 3.05) is 5.32 Å². The highest BCUT2D eigenvalue weighted by molar-refractivity contribution is 5.93. The SMILES string of the molecule is CC(C)(C)OC(=O)N[C@H]1CCCCCC[C@H]1C(=O)Nc1cnn(CC(=O)NC2CC2)c1. The summed E-state index contributed by atoms with van der Waals surface area (Å²) in [7, 11) is 0. The van der Waals surface area contributed by atoms with E-state index in [0.29, 0.717) is 18.2 Å². The van der Waals surface area contributed by atoms with Gasteiger partial charge in [0.05, 0.1) is 17.8 Å². The molecule has 9 heteroatoms. The van der Waals surface area contributed by atoms with Gasteiger partial charge in [0.15, 0.2) is 0 Å². The topological polar surface area (TPSA) is 114 Å². The van der Waals surface area contributed by atoms with Crippen LogP contribution in [0, 0.1) is 5.92 Å². The van der Waals surface area contributed by atoms with Gasteiger partial charge in [-0.15, -0.1) is 0 Å². The molecule has 1 heterocycles. The van der Waals surface area contributed by atoms with Gasteiger partial charge >= 0.3 is 6.09 Å². The third-order valence-electron chi connectivity index (χ3n) is 5.45. The van der Waals surface area contributed by atoms with Crippen molar-refractivity contribution >= 4 is 23.6 Å². The number of hydrogen-bond donors (Lipinski definition) is 3. The van der Waals surface area contributed by atoms with Gasteiger partial charge in [-0.1, -0.05) is 25.7 Å². The van der Waals surface area contributed by atoms with E-state index in [0.717, 1.165) is 44.9 Å². The first-order valence-electron chi connectivity index (χ1n) is 11.3. The van der Waals surface area contributed by atoms with Gasteiger partial charge in [0.25, 0.3) is 0 Å². The van der Waals surface area contributed by atoms with Gasteiger partial charge in [-0.3, -0.25) is 14.3 Å². The molecule has 2 fully saturated rings. The molecule has 1 aromatic heterocycles. The van der Waals surface area contributed by atoms with Crippen molar-refractivity contribution in [3.05, 3.63) is 12.4 Å². The zero-order valence-corrected chi connectivity index (χ0v) is 18.8. The Morgan fingerprint density at radius 1 is 1.06 bits per heavy atom. The lowest BCUT2D eigenvalue weighted by atomic mass is 9.86. The highest BCUT2D eigenvalue weighted by atomic mass is 16.6. The first-order valence-corrected chi connectivity index (χ1v) is 11.3. The monoisotopic (exact) mass is 433 g/mol. The maximum absolute atomic E-state index is 13.1. The number of carbonyl (C=O) groups is 3. The third-order valence-corrected chi connectivity index (χ3v) is 5.45. The van der Waals surface area contributed by atoms with Gasteiger partial charge < -0.3 is 20.7 Å². The first-order chi connectivity index (χ1) is 14.7. The van der Waals surface area contributed by atoms with E-state index in [1.165, 1.54) is 4.68 Å². The number of amides is 3. The van der Waals surface area contributed by atoms with E-state index >= 15 is 0 Å². The van der Waals surface area contributed by atoms with Crippen LogP contribution in [0.1, 0.15) is 72.1 Å². The minimum absolute atomic E-state index is 0.0786. The molecule has 3 rings (SSSR count). The molecule has 2 aliphatic carbocycles. The number of nitrogens with one attached hydrogen (secondary N) is 3. The molecular formula is C22H35N5O4. The molecule has 0 bridgehead atoms. The maximum Gasteiger partial charge on any atom is 0.407 e. The van der Waals surface area contributed by atoms with Crippen LogP contribution in [-0.4, -0.2) is 45.4 Å². The minimum Gasteiger partial charge on any atom is -0.444 e. The van der Waals surface area contributed by atoms with Crippen LogP contribution in [-0.2, 0) is 20.9 Å². The molecule has 172 valence electrons. The molecule has 1 aromatic rings. The van der Waals surface area contributed by atoms with E-state index in [9.17, 15) is 14.4 Å². The predicted molar refractivity (Wildman–Crippen MR) is 116 cm³/mol. The summed E-state index contributed by atoms with van der Waals surface area (Å²) in [5, 5.41) is 12.9. The average Bonchev–Trinajstić information content (AvgIpc) is 3.33. The molecule has 9 nitrogen and oxygen atoms in total. The Morgan fingerprint density at radius 2 is 1.77 bits per heavy atom. The molecule has 31 heavy (non-hydrogen) atoms. The fourth-order valence-electron chi connectivity index (χ4n) is 3.83. The molecule has 2 saturated carbocycles. The predicted octanol–water partition coefficient (Wildman–Crippen LogP) is 2.96. The lowest BCUT2D eigenvalue weighted by Crippen LogP contribution is -2.47. The number of hydrogen-bond acceptors (Lipinski definition) is 5. The molecule has 0 spiro atoms. The highest BCUT2D eigenvalue weighted by Crippen LogP contribution is 2.25. The number of alkyl carbamates (subject to hydrolysis) is 1. The van der Waals surface area contributed by atoms with Gasteiger partial charge in [-0.25, -0.2) is 4.79 Å². The number of carbonyl (C=O) groups excluding carboxylic acids is 3. The summed E-state index contributed by atoms with van der Waals surface area (Å²) >= 11 is 0. The van der Waals surface area contributed by atoms with Crippen LogP contribution in [0.3, 0.4) is 0 Å². The van der Waals surface area contributed by atoms with Crippen LogP contribution in [0.25, 0.3) is 0 Å². The Bertz CT molecular complexity index is 781. The lowest BCUT2D eigenvalue weighted by Gasteiger charge is -2.30. The van der Waals surface area contributed by atoms with Crippen LogP contribution >= 0.6 is 0 Å². The van der Waals surface area contributed by atoms with E-state index in [2.05, 4.69) is 21.0 Å². The zero-order valence-electron chi connectivity index (χ0n) is 18.8. The minimum atomic E-state index is -0.593. The van der Waals surface area contributed by atoms with Gasteiger partial charge in [0, 0.05) is 18.3 Å². The summed E-state index contributed by atoms with van der Waals surface area (Å²) < 4.78 is 6.91. The summed E-state index contributed by atoms with van der Waals surface area (Å²) in [6.07, 6.45) is 10.3. The molecule has 0 unspecified atom stereocenters. The van der Waals surface area contributed by atoms with Gasteiger partial charge in [-0.2, -0.15) is 5.10 Å². The van der Waals surface area contributed by atoms with Gasteiger partial charge in [-0.05, 0) is 46.5 Å². The molecule has 0 aromatic carbocycles. The Kier molecular flexibility index (Phi) is 7.56. The summed E-state index contributed by atoms with van der Waals surface area (Å²) in [4.78, 5) is 37.3. The van der Waals surface area contributed by atoms with Crippen LogP contribution in [0.4, 0.5) is 10.5 Å². The van der Waals surface area contributed by atoms with Crippen molar-refractivity contribution in [2.24, 2.45) is 5.92 Å². The van der Waals surface area contributed by atoms with Crippen molar-refractivity contribution in [2.45, 2.75) is 96.4 Å². The number of anilines is 1. The van der Waals surface area contributed by atoms with Crippen molar-refractivity contribution in [1.82, 2.24) is 20.4 Å². The zero-order chi connectivity index (χ0) is 22.4. The molecular weight excluding hydrogens is 398 g/mol. The standard InChI is InChI=1S/C22H35N5O4/c1-22(2,3)31-21(30)26-18-9-7-5-4-6-8-17(18)20(29)25-16-12-23-27(13-16)14-19(28)24-15-10-11-15/h12-13,15,17-18H,4-11,14H2,1-3H3,(H,24,28)(H,25,29)(H,26,30)/t17-,18+/m1/s1. The summed E-state index contributed by atoms with van der Waals surface area (Å²) in [6, 6.07) is 0.0190. The molecule has 3 N–H and O–H groups in total. The van der Waals surface area contributed by atoms with E-state index in [-0.39, 0.29) is 30.3 Å². The Labute approximate surface area is 183 Å². The number of rotatable bonds is 6. The molecule has 2 aliphatic rings. The van der Waals surface area contributed by atoms with Gasteiger partial charge in [0.1, 0.15) is 12.1 Å². The second-order valence-electron chi connectivity index (χ2n) is 9.61. The van der Waals surface area contributed by atoms with Crippen LogP contribution in [0.2, 0.25) is 0 Å². The molecule has 0 aliphatic heterocycles. The summed E-state index contributed by atoms with van der Waals surface area (Å²) in [5.74, 6) is -0.579. The van der Waals surface area contributed by atoms with Crippen LogP contribution in [0.15, 0.2) is 12.4 Å². The van der Waals surface area contributed by atoms with E-state index in [4.69, 9.17) is 4.74 Å². The fourth-order valence-corrected chi connectivity index (χ4v) is 3.83. The second-order valence-corrected chi connectivity index (χ2v) is 9.61. The average molecular weight is 434 g/mol. The van der Waals surface area contributed by atoms with Crippen molar-refractivity contribution < 1.29 is 19.1 Å². The second kappa shape index (κ2) is 10.2. The molecule has 0 saturated heterocycles. The fraction of sp³-hybridized carbons (Fsp3) is 0.727. The molecule has 2 atom stereocenters. The summed E-state index contributed by atoms with van der Waals surface area (Å²) in [5.41, 5.74) is -0.0496. The Hall–Kier alpha value is -2.58. The Balaban J connectivity index is 1.59. The van der Waals surface area contributed by atoms with E-state index in [1.54, 1.807) is 12.4 Å². The van der Waals surface area contributed by atoms with Crippen molar-refractivity contribution in [1.29, 1.82) is 0 Å². The highest BCUT2D eigenvalue weighted by Gasteiger charge is 2.32. The Morgan fingerprint density at radius 3 is 2.45 bits per heavy atom. The lowest BCUT2D eigenvalue weighted by molar-refractivity contribution is -0.122. The van der Waals surface area contributed by atoms with E-state index in [1.807, 2.05) is 20.8 Å². The van der Waals surface area contributed by atoms with Gasteiger partial charge in [0.2, 0.25) is 11.8 Å². The molecule has 0 radical (unpaired) electrons. The third kappa shape index (κ3) is 7.88. The maximum atomic E-state index is 13.1. The number of aromatic nitrogens is 2. The first kappa shape index (κ1) is 23.1. The number of nitrogens with zero attached hydrogens (tertiary/aromatic N) is 2. The van der Waals surface area contributed by atoms with Crippen molar-refractivity contribution in [3.8, 4) is 0 Å². The smallest absolute Gasteiger partial charge is 0.407 e. The van der Waals surface area contributed by atoms with E-state index < -0.39 is 11.7 Å². The largest absolute Gasteiger partial charge is 0.444 e. The number of ether oxygens (including phenoxy) is 1.